The fourth-order valence-corrected chi connectivity index (χ4v) is 5.64. The van der Waals surface area contributed by atoms with Gasteiger partial charge in [-0.2, -0.15) is 0 Å². The minimum absolute atomic E-state index is 0.0216. The Morgan fingerprint density at radius 2 is 0.762 bits per heavy atom. The average molecular weight is 726 g/mol. The summed E-state index contributed by atoms with van der Waals surface area (Å²) in [6, 6.07) is 13.5. The molecule has 0 fully saturated rings. The maximum atomic E-state index is 13.2. The van der Waals surface area contributed by atoms with Crippen LogP contribution in [0.15, 0.2) is 60.7 Å². The molecule has 14 heteroatoms. The maximum Gasteiger partial charge on any atom is 0.387 e. The number of carbonyl (C=O) groups excluding carboxylic acids is 4. The van der Waals surface area contributed by atoms with Gasteiger partial charge in [0.1, 0.15) is 0 Å². The van der Waals surface area contributed by atoms with Crippen molar-refractivity contribution < 1.29 is 29.0 Å². The van der Waals surface area contributed by atoms with Gasteiger partial charge in [-0.15, -0.1) is 0 Å². The van der Waals surface area contributed by atoms with Crippen LogP contribution in [0.5, 0.6) is 0 Å². The van der Waals surface area contributed by atoms with E-state index in [1.54, 1.807) is 0 Å². The molecule has 6 nitrogen and oxygen atoms in total. The van der Waals surface area contributed by atoms with Crippen molar-refractivity contribution in [1.29, 1.82) is 0 Å². The average Bonchev–Trinajstić information content (AvgIpc) is 2.94. The maximum absolute atomic E-state index is 13.2. The van der Waals surface area contributed by atoms with Crippen molar-refractivity contribution in [2.24, 2.45) is 0 Å². The summed E-state index contributed by atoms with van der Waals surface area (Å²) in [5, 5.41) is -0.876. The SMILES string of the molecule is O=C(OOC(=O)c1ccc(Cl)c(C(=O)c2cccc(Cl)c2Cl)c1Cl)c1ccc(Cl)c(C(=O)c2cccc(Cl)c2Cl)c1Cl. The molecule has 4 aromatic carbocycles. The van der Waals surface area contributed by atoms with E-state index in [1.807, 2.05) is 0 Å². The van der Waals surface area contributed by atoms with Gasteiger partial charge in [0.2, 0.25) is 0 Å². The summed E-state index contributed by atoms with van der Waals surface area (Å²) in [6.07, 6.45) is 0. The third-order valence-corrected chi connectivity index (χ3v) is 8.71. The molecule has 0 aliphatic rings. The summed E-state index contributed by atoms with van der Waals surface area (Å²) in [7, 11) is 0. The number of carbonyl (C=O) groups is 4. The summed E-state index contributed by atoms with van der Waals surface area (Å²) < 4.78 is 0. The molecule has 214 valence electrons. The van der Waals surface area contributed by atoms with Crippen LogP contribution in [0, 0.1) is 0 Å². The van der Waals surface area contributed by atoms with E-state index in [4.69, 9.17) is 92.8 Å². The molecule has 0 aromatic heterocycles. The van der Waals surface area contributed by atoms with Gasteiger partial charge in [0.25, 0.3) is 0 Å². The molecule has 0 heterocycles. The van der Waals surface area contributed by atoms with E-state index >= 15 is 0 Å². The standard InChI is InChI=1S/C28H10Cl8O6/c29-15-9-7-13(23(35)19(15)25(37)11-3-1-5-17(31)21(11)33)27(39)41-42-28(40)14-8-10-16(30)20(24(14)36)26(38)12-4-2-6-18(32)22(12)34/h1-10H. The molecule has 0 aliphatic carbocycles. The Hall–Kier alpha value is -2.52. The van der Waals surface area contributed by atoms with Crippen molar-refractivity contribution in [2.45, 2.75) is 0 Å². The van der Waals surface area contributed by atoms with Gasteiger partial charge < -0.3 is 0 Å². The molecule has 0 unspecified atom stereocenters. The van der Waals surface area contributed by atoms with Crippen molar-refractivity contribution in [1.82, 2.24) is 0 Å². The molecule has 4 aromatic rings. The monoisotopic (exact) mass is 722 g/mol. The van der Waals surface area contributed by atoms with E-state index < -0.39 is 33.6 Å². The lowest BCUT2D eigenvalue weighted by molar-refractivity contribution is -0.187. The van der Waals surface area contributed by atoms with Gasteiger partial charge >= 0.3 is 11.9 Å². The lowest BCUT2D eigenvalue weighted by Crippen LogP contribution is -2.15. The minimum Gasteiger partial charge on any atom is -0.288 e. The van der Waals surface area contributed by atoms with Crippen LogP contribution in [-0.4, -0.2) is 23.5 Å². The van der Waals surface area contributed by atoms with Crippen LogP contribution in [0.3, 0.4) is 0 Å². The molecule has 0 saturated carbocycles. The number of benzene rings is 4. The van der Waals surface area contributed by atoms with Gasteiger partial charge in [0.05, 0.1) is 62.4 Å². The fraction of sp³-hybridized carbons (Fsp3) is 0. The zero-order chi connectivity index (χ0) is 30.9. The van der Waals surface area contributed by atoms with E-state index in [0.29, 0.717) is 0 Å². The summed E-state index contributed by atoms with van der Waals surface area (Å²) in [4.78, 5) is 61.2. The van der Waals surface area contributed by atoms with Crippen molar-refractivity contribution in [3.63, 3.8) is 0 Å². The summed E-state index contributed by atoms with van der Waals surface area (Å²) >= 11 is 49.4. The number of ketones is 2. The zero-order valence-electron chi connectivity index (χ0n) is 20.2. The Morgan fingerprint density at radius 3 is 1.12 bits per heavy atom. The molecule has 0 bridgehead atoms. The largest absolute Gasteiger partial charge is 0.387 e. The zero-order valence-corrected chi connectivity index (χ0v) is 26.3. The highest BCUT2D eigenvalue weighted by atomic mass is 35.5. The van der Waals surface area contributed by atoms with E-state index in [9.17, 15) is 19.2 Å². The van der Waals surface area contributed by atoms with Crippen LogP contribution in [0.25, 0.3) is 0 Å². The van der Waals surface area contributed by atoms with Crippen LogP contribution >= 0.6 is 92.8 Å². The first kappa shape index (κ1) is 32.4. The van der Waals surface area contributed by atoms with Crippen LogP contribution in [-0.2, 0) is 9.78 Å². The third kappa shape index (κ3) is 6.37. The fourth-order valence-electron chi connectivity index (χ4n) is 3.63. The first-order valence-corrected chi connectivity index (χ1v) is 14.2. The van der Waals surface area contributed by atoms with Crippen molar-refractivity contribution in [3.8, 4) is 0 Å². The topological polar surface area (TPSA) is 86.7 Å². The third-order valence-electron chi connectivity index (χ3n) is 5.66. The second-order valence-corrected chi connectivity index (χ2v) is 11.3. The Balaban J connectivity index is 1.59. The predicted octanol–water partition coefficient (Wildman–Crippen LogP) is 10.3. The highest BCUT2D eigenvalue weighted by Crippen LogP contribution is 2.36. The molecule has 4 rings (SSSR count). The number of hydrogen-bond acceptors (Lipinski definition) is 6. The Bertz CT molecular complexity index is 1670. The number of hydrogen-bond donors (Lipinski definition) is 0. The van der Waals surface area contributed by atoms with Gasteiger partial charge in [-0.1, -0.05) is 105 Å². The molecule has 0 saturated heterocycles. The molecule has 0 atom stereocenters. The van der Waals surface area contributed by atoms with Crippen molar-refractivity contribution >= 4 is 116 Å². The lowest BCUT2D eigenvalue weighted by atomic mass is 10.0. The van der Waals surface area contributed by atoms with E-state index in [2.05, 4.69) is 9.78 Å². The van der Waals surface area contributed by atoms with Gasteiger partial charge in [0, 0.05) is 11.1 Å². The summed E-state index contributed by atoms with van der Waals surface area (Å²) in [6.45, 7) is 0. The molecular weight excluding hydrogens is 716 g/mol. The Morgan fingerprint density at radius 1 is 0.405 bits per heavy atom. The van der Waals surface area contributed by atoms with Crippen LogP contribution in [0.2, 0.25) is 40.2 Å². The number of halogens is 8. The van der Waals surface area contributed by atoms with Gasteiger partial charge in [-0.3, -0.25) is 9.59 Å². The Labute approximate surface area is 277 Å². The normalized spacial score (nSPS) is 10.8. The first-order valence-electron chi connectivity index (χ1n) is 11.2. The molecule has 0 amide bonds. The molecule has 0 aliphatic heterocycles. The van der Waals surface area contributed by atoms with Crippen molar-refractivity contribution in [2.75, 3.05) is 0 Å². The predicted molar refractivity (Wildman–Crippen MR) is 164 cm³/mol. The van der Waals surface area contributed by atoms with Crippen LogP contribution in [0.1, 0.15) is 52.6 Å². The summed E-state index contributed by atoms with van der Waals surface area (Å²) in [5.41, 5.74) is -1.33. The first-order chi connectivity index (χ1) is 19.8. The van der Waals surface area contributed by atoms with E-state index in [1.165, 1.54) is 48.5 Å². The molecule has 0 N–H and O–H groups in total. The van der Waals surface area contributed by atoms with E-state index in [0.717, 1.165) is 12.1 Å². The second-order valence-electron chi connectivity index (χ2n) is 8.17. The van der Waals surface area contributed by atoms with E-state index in [-0.39, 0.29) is 63.5 Å². The molecular formula is C28H10Cl8O6. The quantitative estimate of drug-likeness (QED) is 0.112. The summed E-state index contributed by atoms with van der Waals surface area (Å²) in [5.74, 6) is -3.98. The minimum atomic E-state index is -1.26. The highest BCUT2D eigenvalue weighted by Gasteiger charge is 2.28. The molecule has 42 heavy (non-hydrogen) atoms. The lowest BCUT2D eigenvalue weighted by Gasteiger charge is -2.12. The van der Waals surface area contributed by atoms with Crippen LogP contribution in [0.4, 0.5) is 0 Å². The molecule has 0 radical (unpaired) electrons. The van der Waals surface area contributed by atoms with Crippen molar-refractivity contribution in [3.05, 3.63) is 134 Å². The smallest absolute Gasteiger partial charge is 0.288 e. The second kappa shape index (κ2) is 13.4. The van der Waals surface area contributed by atoms with Gasteiger partial charge in [-0.05, 0) is 48.5 Å². The van der Waals surface area contributed by atoms with Gasteiger partial charge in [-0.25, -0.2) is 19.4 Å². The Kier molecular flexibility index (Phi) is 10.3. The highest BCUT2D eigenvalue weighted by molar-refractivity contribution is 6.48. The van der Waals surface area contributed by atoms with Gasteiger partial charge in [0.15, 0.2) is 11.6 Å². The van der Waals surface area contributed by atoms with Crippen LogP contribution < -0.4 is 0 Å². The number of rotatable bonds is 6. The molecule has 0 spiro atoms.